The molecule has 152 valence electrons. The summed E-state index contributed by atoms with van der Waals surface area (Å²) in [6.07, 6.45) is 4.83. The highest BCUT2D eigenvalue weighted by atomic mass is 32.1. The highest BCUT2D eigenvalue weighted by molar-refractivity contribution is 7.14. The van der Waals surface area contributed by atoms with Gasteiger partial charge < -0.3 is 15.1 Å². The van der Waals surface area contributed by atoms with Crippen molar-refractivity contribution in [2.45, 2.75) is 58.0 Å². The standard InChI is InChI=1S/C22H24N2O4S/c1-12-21(29-13(2)23-12)19(26)17-18(14-7-6-10-16(25)11-14)24(22(28)20(17)27)15-8-4-3-5-9-15/h6-7,10-11,15,18,25,27H,3-5,8-9H2,1-2H3. The average molecular weight is 413 g/mol. The molecule has 1 atom stereocenters. The summed E-state index contributed by atoms with van der Waals surface area (Å²) in [6, 6.07) is 5.82. The lowest BCUT2D eigenvalue weighted by Gasteiger charge is -2.36. The van der Waals surface area contributed by atoms with Gasteiger partial charge in [0.2, 0.25) is 5.78 Å². The van der Waals surface area contributed by atoms with E-state index in [1.165, 1.54) is 11.3 Å². The summed E-state index contributed by atoms with van der Waals surface area (Å²) in [5, 5.41) is 21.6. The Bertz CT molecular complexity index is 1000. The number of aliphatic hydroxyl groups excluding tert-OH is 1. The molecular formula is C22H24N2O4S. The zero-order chi connectivity index (χ0) is 20.7. The molecule has 29 heavy (non-hydrogen) atoms. The van der Waals surface area contributed by atoms with E-state index in [9.17, 15) is 19.8 Å². The summed E-state index contributed by atoms with van der Waals surface area (Å²) >= 11 is 1.26. The number of amides is 1. The molecule has 1 amide bonds. The Morgan fingerprint density at radius 2 is 1.90 bits per heavy atom. The van der Waals surface area contributed by atoms with Crippen molar-refractivity contribution in [1.82, 2.24) is 9.88 Å². The number of thiazole rings is 1. The van der Waals surface area contributed by atoms with Crippen molar-refractivity contribution in [3.05, 3.63) is 56.7 Å². The van der Waals surface area contributed by atoms with Crippen molar-refractivity contribution >= 4 is 23.0 Å². The third-order valence-corrected chi connectivity index (χ3v) is 6.82. The lowest BCUT2D eigenvalue weighted by molar-refractivity contribution is -0.132. The molecule has 1 aromatic carbocycles. The van der Waals surface area contributed by atoms with Gasteiger partial charge in [-0.1, -0.05) is 31.4 Å². The monoisotopic (exact) mass is 412 g/mol. The molecule has 1 fully saturated rings. The lowest BCUT2D eigenvalue weighted by atomic mass is 9.90. The molecule has 2 heterocycles. The number of carbonyl (C=O) groups is 2. The number of rotatable bonds is 4. The normalized spacial score (nSPS) is 20.6. The van der Waals surface area contributed by atoms with Crippen LogP contribution in [0.1, 0.15) is 64.1 Å². The van der Waals surface area contributed by atoms with Crippen LogP contribution in [0.5, 0.6) is 5.75 Å². The van der Waals surface area contributed by atoms with Gasteiger partial charge in [-0.25, -0.2) is 4.98 Å². The molecule has 1 aliphatic carbocycles. The van der Waals surface area contributed by atoms with Crippen LogP contribution in [0.15, 0.2) is 35.6 Å². The van der Waals surface area contributed by atoms with Gasteiger partial charge in [0.15, 0.2) is 5.76 Å². The average Bonchev–Trinajstić information content (AvgIpc) is 3.18. The van der Waals surface area contributed by atoms with Gasteiger partial charge in [-0.3, -0.25) is 9.59 Å². The number of aromatic hydroxyl groups is 1. The Morgan fingerprint density at radius 1 is 1.17 bits per heavy atom. The molecule has 7 heteroatoms. The summed E-state index contributed by atoms with van der Waals surface area (Å²) < 4.78 is 0. The SMILES string of the molecule is Cc1nc(C)c(C(=O)C2=C(O)C(=O)N(C3CCCCC3)C2c2cccc(O)c2)s1. The fourth-order valence-electron chi connectivity index (χ4n) is 4.48. The predicted octanol–water partition coefficient (Wildman–Crippen LogP) is 4.38. The summed E-state index contributed by atoms with van der Waals surface area (Å²) in [5.74, 6) is -1.31. The van der Waals surface area contributed by atoms with E-state index in [4.69, 9.17) is 0 Å². The van der Waals surface area contributed by atoms with E-state index < -0.39 is 17.7 Å². The molecule has 1 aromatic heterocycles. The van der Waals surface area contributed by atoms with Gasteiger partial charge in [0, 0.05) is 6.04 Å². The Labute approximate surface area is 173 Å². The zero-order valence-electron chi connectivity index (χ0n) is 16.5. The number of carbonyl (C=O) groups excluding carboxylic acids is 2. The number of hydrogen-bond donors (Lipinski definition) is 2. The highest BCUT2D eigenvalue weighted by Crippen LogP contribution is 2.44. The van der Waals surface area contributed by atoms with E-state index >= 15 is 0 Å². The van der Waals surface area contributed by atoms with Crippen LogP contribution in [0, 0.1) is 13.8 Å². The Balaban J connectivity index is 1.83. The second-order valence-electron chi connectivity index (χ2n) is 7.74. The lowest BCUT2D eigenvalue weighted by Crippen LogP contribution is -2.41. The van der Waals surface area contributed by atoms with Crippen molar-refractivity contribution in [2.75, 3.05) is 0 Å². The van der Waals surface area contributed by atoms with E-state index in [0.29, 0.717) is 16.1 Å². The fraction of sp³-hybridized carbons (Fsp3) is 0.409. The summed E-state index contributed by atoms with van der Waals surface area (Å²) in [6.45, 7) is 3.58. The number of aromatic nitrogens is 1. The Kier molecular flexibility index (Phi) is 5.17. The van der Waals surface area contributed by atoms with Gasteiger partial charge in [0.1, 0.15) is 5.75 Å². The quantitative estimate of drug-likeness (QED) is 0.728. The van der Waals surface area contributed by atoms with Crippen molar-refractivity contribution in [3.63, 3.8) is 0 Å². The van der Waals surface area contributed by atoms with Crippen molar-refractivity contribution in [2.24, 2.45) is 0 Å². The maximum Gasteiger partial charge on any atom is 0.290 e. The molecule has 2 aliphatic rings. The number of hydrogen-bond acceptors (Lipinski definition) is 6. The maximum atomic E-state index is 13.4. The van der Waals surface area contributed by atoms with Crippen molar-refractivity contribution in [3.8, 4) is 5.75 Å². The second-order valence-corrected chi connectivity index (χ2v) is 8.94. The van der Waals surface area contributed by atoms with Gasteiger partial charge >= 0.3 is 0 Å². The van der Waals surface area contributed by atoms with Crippen LogP contribution in [0.25, 0.3) is 0 Å². The summed E-state index contributed by atoms with van der Waals surface area (Å²) in [4.78, 5) is 33.0. The number of phenols is 1. The zero-order valence-corrected chi connectivity index (χ0v) is 17.3. The van der Waals surface area contributed by atoms with E-state index in [1.54, 1.807) is 36.1 Å². The molecule has 0 radical (unpaired) electrons. The van der Waals surface area contributed by atoms with Gasteiger partial charge in [-0.05, 0) is 44.4 Å². The molecule has 0 spiro atoms. The molecule has 2 aromatic rings. The maximum absolute atomic E-state index is 13.4. The van der Waals surface area contributed by atoms with Gasteiger partial charge in [0.25, 0.3) is 5.91 Å². The molecule has 2 N–H and O–H groups in total. The molecule has 0 saturated heterocycles. The van der Waals surface area contributed by atoms with E-state index in [2.05, 4.69) is 4.98 Å². The minimum Gasteiger partial charge on any atom is -0.508 e. The van der Waals surface area contributed by atoms with Gasteiger partial charge in [-0.2, -0.15) is 0 Å². The first-order chi connectivity index (χ1) is 13.9. The van der Waals surface area contributed by atoms with E-state index in [-0.39, 0.29) is 23.1 Å². The number of phenolic OH excluding ortho intramolecular Hbond substituents is 1. The predicted molar refractivity (Wildman–Crippen MR) is 110 cm³/mol. The van der Waals surface area contributed by atoms with Crippen molar-refractivity contribution < 1.29 is 19.8 Å². The molecule has 4 rings (SSSR count). The number of Topliss-reactive ketones (excluding diaryl/α,β-unsaturated/α-hetero) is 1. The number of ketones is 1. The molecule has 0 bridgehead atoms. The van der Waals surface area contributed by atoms with Crippen LogP contribution in [-0.4, -0.2) is 37.8 Å². The number of benzene rings is 1. The fourth-order valence-corrected chi connectivity index (χ4v) is 5.35. The minimum atomic E-state index is -0.716. The molecule has 6 nitrogen and oxygen atoms in total. The minimum absolute atomic E-state index is 0.0413. The van der Waals surface area contributed by atoms with Crippen LogP contribution < -0.4 is 0 Å². The summed E-state index contributed by atoms with van der Waals surface area (Å²) in [7, 11) is 0. The third-order valence-electron chi connectivity index (χ3n) is 5.75. The topological polar surface area (TPSA) is 90.7 Å². The summed E-state index contributed by atoms with van der Waals surface area (Å²) in [5.41, 5.74) is 1.30. The Morgan fingerprint density at radius 3 is 2.52 bits per heavy atom. The van der Waals surface area contributed by atoms with Crippen LogP contribution in [0.2, 0.25) is 0 Å². The molecule has 1 aliphatic heterocycles. The first kappa shape index (κ1) is 19.6. The van der Waals surface area contributed by atoms with Gasteiger partial charge in [0.05, 0.1) is 27.2 Å². The van der Waals surface area contributed by atoms with Crippen LogP contribution in [0.3, 0.4) is 0 Å². The third kappa shape index (κ3) is 3.44. The van der Waals surface area contributed by atoms with E-state index in [1.807, 2.05) is 6.92 Å². The van der Waals surface area contributed by atoms with Crippen LogP contribution in [-0.2, 0) is 4.79 Å². The molecule has 1 unspecified atom stereocenters. The van der Waals surface area contributed by atoms with Gasteiger partial charge in [-0.15, -0.1) is 11.3 Å². The first-order valence-corrected chi connectivity index (χ1v) is 10.7. The van der Waals surface area contributed by atoms with E-state index in [0.717, 1.165) is 37.1 Å². The number of nitrogens with zero attached hydrogens (tertiary/aromatic N) is 2. The second kappa shape index (κ2) is 7.63. The highest BCUT2D eigenvalue weighted by Gasteiger charge is 2.47. The largest absolute Gasteiger partial charge is 0.508 e. The van der Waals surface area contributed by atoms with Crippen molar-refractivity contribution in [1.29, 1.82) is 0 Å². The smallest absolute Gasteiger partial charge is 0.290 e. The first-order valence-electron chi connectivity index (χ1n) is 9.92. The molecule has 1 saturated carbocycles. The molecular weight excluding hydrogens is 388 g/mol. The number of aliphatic hydroxyl groups is 1. The number of aryl methyl sites for hydroxylation is 2. The van der Waals surface area contributed by atoms with Crippen LogP contribution >= 0.6 is 11.3 Å². The Hall–Kier alpha value is -2.67. The van der Waals surface area contributed by atoms with Crippen LogP contribution in [0.4, 0.5) is 0 Å².